The van der Waals surface area contributed by atoms with Gasteiger partial charge in [0, 0.05) is 42.4 Å². The summed E-state index contributed by atoms with van der Waals surface area (Å²) in [5.74, 6) is 2.22. The molecular weight excluding hydrogens is 404 g/mol. The van der Waals surface area contributed by atoms with Crippen molar-refractivity contribution in [3.8, 4) is 6.07 Å². The fourth-order valence-electron chi connectivity index (χ4n) is 4.57. The Morgan fingerprint density at radius 2 is 1.93 bits per heavy atom. The first-order valence-corrected chi connectivity index (χ1v) is 12.6. The highest BCUT2D eigenvalue weighted by atomic mass is 32.2. The molecule has 1 atom stereocenters. The van der Waals surface area contributed by atoms with E-state index in [9.17, 15) is 14.9 Å². The number of nitriles is 1. The van der Waals surface area contributed by atoms with Gasteiger partial charge in [-0.1, -0.05) is 0 Å². The van der Waals surface area contributed by atoms with Crippen LogP contribution in [0.2, 0.25) is 0 Å². The Labute approximate surface area is 180 Å². The number of thiophene rings is 1. The quantitative estimate of drug-likeness (QED) is 0.774. The van der Waals surface area contributed by atoms with Crippen LogP contribution < -0.4 is 5.32 Å². The lowest BCUT2D eigenvalue weighted by Crippen LogP contribution is -2.48. The van der Waals surface area contributed by atoms with Crippen LogP contribution in [0.15, 0.2) is 0 Å². The summed E-state index contributed by atoms with van der Waals surface area (Å²) in [6, 6.07) is 2.22. The Hall–Kier alpha value is -1.56. The molecule has 4 rings (SSSR count). The second kappa shape index (κ2) is 9.50. The van der Waals surface area contributed by atoms with Crippen molar-refractivity contribution in [3.05, 3.63) is 16.0 Å². The van der Waals surface area contributed by atoms with Gasteiger partial charge in [0.05, 0.1) is 11.6 Å². The molecule has 2 fully saturated rings. The van der Waals surface area contributed by atoms with Crippen LogP contribution in [0.5, 0.6) is 0 Å². The molecule has 3 aliphatic rings. The van der Waals surface area contributed by atoms with Gasteiger partial charge in [-0.05, 0) is 50.6 Å². The lowest BCUT2D eigenvalue weighted by atomic mass is 9.96. The van der Waals surface area contributed by atoms with E-state index in [2.05, 4.69) is 16.3 Å². The van der Waals surface area contributed by atoms with Gasteiger partial charge in [-0.25, -0.2) is 0 Å². The van der Waals surface area contributed by atoms with Crippen LogP contribution in [0.1, 0.15) is 48.1 Å². The highest BCUT2D eigenvalue weighted by Gasteiger charge is 2.34. The van der Waals surface area contributed by atoms with E-state index in [0.29, 0.717) is 23.5 Å². The van der Waals surface area contributed by atoms with Gasteiger partial charge in [-0.15, -0.1) is 11.3 Å². The number of amides is 2. The minimum atomic E-state index is -0.0744. The van der Waals surface area contributed by atoms with Crippen LogP contribution in [-0.4, -0.2) is 65.3 Å². The third kappa shape index (κ3) is 4.62. The Balaban J connectivity index is 1.33. The van der Waals surface area contributed by atoms with Gasteiger partial charge in [-0.2, -0.15) is 17.0 Å². The fourth-order valence-corrected chi connectivity index (χ4v) is 6.73. The maximum atomic E-state index is 12.9. The van der Waals surface area contributed by atoms with Crippen molar-refractivity contribution < 1.29 is 9.59 Å². The summed E-state index contributed by atoms with van der Waals surface area (Å²) in [5.41, 5.74) is 1.80. The van der Waals surface area contributed by atoms with Gasteiger partial charge < -0.3 is 10.2 Å². The lowest BCUT2D eigenvalue weighted by Gasteiger charge is -2.32. The zero-order valence-corrected chi connectivity index (χ0v) is 18.4. The topological polar surface area (TPSA) is 76.4 Å². The average molecular weight is 433 g/mol. The lowest BCUT2D eigenvalue weighted by molar-refractivity contribution is -0.136. The maximum absolute atomic E-state index is 12.9. The summed E-state index contributed by atoms with van der Waals surface area (Å²) in [5, 5.41) is 13.2. The van der Waals surface area contributed by atoms with Crippen molar-refractivity contribution in [3.63, 3.8) is 0 Å². The summed E-state index contributed by atoms with van der Waals surface area (Å²) in [6.07, 6.45) is 6.48. The second-order valence-corrected chi connectivity index (χ2v) is 10.3. The molecule has 29 heavy (non-hydrogen) atoms. The van der Waals surface area contributed by atoms with Crippen molar-refractivity contribution in [1.82, 2.24) is 9.80 Å². The molecule has 0 aromatic carbocycles. The third-order valence-corrected chi connectivity index (χ3v) is 8.28. The third-order valence-electron chi connectivity index (χ3n) is 6.13. The van der Waals surface area contributed by atoms with E-state index in [0.717, 1.165) is 75.2 Å². The molecule has 0 spiro atoms. The first-order chi connectivity index (χ1) is 14.2. The Kier molecular flexibility index (Phi) is 6.78. The van der Waals surface area contributed by atoms with E-state index in [4.69, 9.17) is 0 Å². The molecule has 1 aromatic heterocycles. The fraction of sp³-hybridized carbons (Fsp3) is 0.667. The number of anilines is 1. The molecule has 0 bridgehead atoms. The summed E-state index contributed by atoms with van der Waals surface area (Å²) in [6.45, 7) is 3.16. The molecule has 1 aliphatic carbocycles. The summed E-state index contributed by atoms with van der Waals surface area (Å²) >= 11 is 3.47. The van der Waals surface area contributed by atoms with Crippen LogP contribution in [0.25, 0.3) is 0 Å². The number of thioether (sulfide) groups is 1. The normalized spacial score (nSPS) is 22.2. The smallest absolute Gasteiger partial charge is 0.239 e. The summed E-state index contributed by atoms with van der Waals surface area (Å²) in [4.78, 5) is 30.9. The molecular formula is C21H28N4O2S2. The predicted molar refractivity (Wildman–Crippen MR) is 117 cm³/mol. The Bertz CT molecular complexity index is 810. The largest absolute Gasteiger partial charge is 0.340 e. The van der Waals surface area contributed by atoms with Crippen LogP contribution >= 0.6 is 23.1 Å². The van der Waals surface area contributed by atoms with Crippen LogP contribution in [0.3, 0.4) is 0 Å². The van der Waals surface area contributed by atoms with Crippen molar-refractivity contribution >= 4 is 39.9 Å². The molecule has 1 N–H and O–H groups in total. The highest BCUT2D eigenvalue weighted by molar-refractivity contribution is 7.99. The molecule has 2 amide bonds. The number of carbonyl (C=O) groups is 2. The van der Waals surface area contributed by atoms with E-state index in [1.807, 2.05) is 16.7 Å². The summed E-state index contributed by atoms with van der Waals surface area (Å²) < 4.78 is 0. The number of likely N-dealkylation sites (tertiary alicyclic amines) is 1. The van der Waals surface area contributed by atoms with Crippen molar-refractivity contribution in [1.29, 1.82) is 5.26 Å². The van der Waals surface area contributed by atoms with Gasteiger partial charge in [0.1, 0.15) is 11.1 Å². The molecule has 1 aromatic rings. The predicted octanol–water partition coefficient (Wildman–Crippen LogP) is 2.87. The molecule has 156 valence electrons. The molecule has 6 nitrogen and oxygen atoms in total. The van der Waals surface area contributed by atoms with Crippen LogP contribution in [0, 0.1) is 11.3 Å². The van der Waals surface area contributed by atoms with Gasteiger partial charge in [0.2, 0.25) is 11.8 Å². The first-order valence-electron chi connectivity index (χ1n) is 10.6. The Morgan fingerprint density at radius 1 is 1.14 bits per heavy atom. The molecule has 0 radical (unpaired) electrons. The molecule has 3 heterocycles. The molecule has 8 heteroatoms. The Morgan fingerprint density at radius 3 is 2.72 bits per heavy atom. The second-order valence-electron chi connectivity index (χ2n) is 7.96. The molecule has 1 unspecified atom stereocenters. The average Bonchev–Trinajstić information content (AvgIpc) is 3.36. The van der Waals surface area contributed by atoms with Gasteiger partial charge >= 0.3 is 0 Å². The number of rotatable bonds is 5. The minimum Gasteiger partial charge on any atom is -0.340 e. The monoisotopic (exact) mass is 432 g/mol. The zero-order valence-electron chi connectivity index (χ0n) is 16.7. The maximum Gasteiger partial charge on any atom is 0.239 e. The minimum absolute atomic E-state index is 0.0624. The number of carbonyl (C=O) groups excluding carboxylic acids is 2. The van der Waals surface area contributed by atoms with E-state index in [1.54, 1.807) is 11.3 Å². The number of fused-ring (bicyclic) bond motifs is 1. The van der Waals surface area contributed by atoms with Gasteiger partial charge in [-0.3, -0.25) is 14.5 Å². The van der Waals surface area contributed by atoms with E-state index < -0.39 is 0 Å². The number of nitrogens with zero attached hydrogens (tertiary/aromatic N) is 3. The molecule has 2 aliphatic heterocycles. The van der Waals surface area contributed by atoms with Crippen LogP contribution in [0.4, 0.5) is 5.00 Å². The summed E-state index contributed by atoms with van der Waals surface area (Å²) in [7, 11) is 0. The highest BCUT2D eigenvalue weighted by Crippen LogP contribution is 2.37. The van der Waals surface area contributed by atoms with E-state index in [1.165, 1.54) is 4.88 Å². The van der Waals surface area contributed by atoms with Gasteiger partial charge in [0.15, 0.2) is 0 Å². The van der Waals surface area contributed by atoms with Crippen LogP contribution in [-0.2, 0) is 22.4 Å². The number of aryl methyl sites for hydroxylation is 1. The van der Waals surface area contributed by atoms with Crippen molar-refractivity contribution in [2.75, 3.05) is 43.0 Å². The standard InChI is InChI=1S/C21H28N4O2S2/c22-14-16-15-4-1-2-6-18(15)29-20(16)23-19(26)7-9-24-8-3-5-17(24)21(27)25-10-12-28-13-11-25/h17H,1-13H2,(H,23,26). The van der Waals surface area contributed by atoms with E-state index >= 15 is 0 Å². The van der Waals surface area contributed by atoms with E-state index in [-0.39, 0.29) is 17.9 Å². The number of hydrogen-bond acceptors (Lipinski definition) is 6. The van der Waals surface area contributed by atoms with Crippen molar-refractivity contribution in [2.45, 2.75) is 51.0 Å². The molecule has 0 saturated carbocycles. The van der Waals surface area contributed by atoms with Gasteiger partial charge in [0.25, 0.3) is 0 Å². The number of nitrogens with one attached hydrogen (secondary N) is 1. The van der Waals surface area contributed by atoms with Crippen molar-refractivity contribution in [2.24, 2.45) is 0 Å². The SMILES string of the molecule is N#Cc1c(NC(=O)CCN2CCCC2C(=O)N2CCSCC2)sc2c1CCCC2. The molecule has 2 saturated heterocycles. The first kappa shape index (κ1) is 20.7. The number of hydrogen-bond donors (Lipinski definition) is 1. The zero-order chi connectivity index (χ0) is 20.2.